The molecule has 1 fully saturated rings. The van der Waals surface area contributed by atoms with Gasteiger partial charge >= 0.3 is 0 Å². The fourth-order valence-corrected chi connectivity index (χ4v) is 2.53. The summed E-state index contributed by atoms with van der Waals surface area (Å²) in [4.78, 5) is 12.5. The summed E-state index contributed by atoms with van der Waals surface area (Å²) in [6.07, 6.45) is 4.66. The van der Waals surface area contributed by atoms with E-state index in [-0.39, 0.29) is 11.8 Å². The molecule has 0 spiro atoms. The van der Waals surface area contributed by atoms with Gasteiger partial charge in [0.15, 0.2) is 5.69 Å². The normalized spacial score (nSPS) is 15.8. The van der Waals surface area contributed by atoms with Gasteiger partial charge in [-0.1, -0.05) is 11.8 Å². The Hall–Kier alpha value is -3.24. The predicted octanol–water partition coefficient (Wildman–Crippen LogP) is 0.885. The summed E-state index contributed by atoms with van der Waals surface area (Å²) in [6, 6.07) is 3.79. The zero-order valence-corrected chi connectivity index (χ0v) is 15.5. The third-order valence-electron chi connectivity index (χ3n) is 3.89. The second-order valence-electron chi connectivity index (χ2n) is 5.95. The summed E-state index contributed by atoms with van der Waals surface area (Å²) in [5.41, 5.74) is 1.85. The molecule has 0 aromatic carbocycles. The molecule has 1 unspecified atom stereocenters. The van der Waals surface area contributed by atoms with Crippen molar-refractivity contribution in [3.05, 3.63) is 35.9 Å². The van der Waals surface area contributed by atoms with Crippen molar-refractivity contribution < 1.29 is 9.47 Å². The maximum absolute atomic E-state index is 8.81. The summed E-state index contributed by atoms with van der Waals surface area (Å²) in [7, 11) is 1.60. The van der Waals surface area contributed by atoms with Crippen molar-refractivity contribution in [3.8, 4) is 17.9 Å². The summed E-state index contributed by atoms with van der Waals surface area (Å²) in [5.74, 6) is 7.08. The van der Waals surface area contributed by atoms with Crippen molar-refractivity contribution in [2.24, 2.45) is 0 Å². The molecule has 0 bridgehead atoms. The Morgan fingerprint density at radius 3 is 2.89 bits per heavy atom. The van der Waals surface area contributed by atoms with Gasteiger partial charge in [0.25, 0.3) is 0 Å². The minimum absolute atomic E-state index is 0.0856. The highest BCUT2D eigenvalue weighted by molar-refractivity contribution is 5.65. The lowest BCUT2D eigenvalue weighted by molar-refractivity contribution is 0.0372. The first kappa shape index (κ1) is 19.5. The summed E-state index contributed by atoms with van der Waals surface area (Å²) >= 11 is 0. The van der Waals surface area contributed by atoms with Gasteiger partial charge in [0, 0.05) is 39.0 Å². The van der Waals surface area contributed by atoms with Crippen LogP contribution in [-0.2, 0) is 9.47 Å². The number of ether oxygens (including phenoxy) is 2. The first-order valence-electron chi connectivity index (χ1n) is 8.81. The van der Waals surface area contributed by atoms with Crippen molar-refractivity contribution in [3.63, 3.8) is 0 Å². The van der Waals surface area contributed by atoms with E-state index in [1.807, 2.05) is 12.1 Å². The number of methoxy groups -OCH3 is 1. The van der Waals surface area contributed by atoms with Gasteiger partial charge < -0.3 is 25.4 Å². The van der Waals surface area contributed by atoms with E-state index in [1.165, 1.54) is 12.4 Å². The van der Waals surface area contributed by atoms with E-state index in [9.17, 15) is 0 Å². The predicted molar refractivity (Wildman–Crippen MR) is 104 cm³/mol. The van der Waals surface area contributed by atoms with Crippen molar-refractivity contribution in [1.82, 2.24) is 20.3 Å². The fraction of sp³-hybridized carbons (Fsp3) is 0.368. The second-order valence-corrected chi connectivity index (χ2v) is 5.95. The average molecular weight is 379 g/mol. The number of hydrogen-bond acceptors (Lipinski definition) is 9. The van der Waals surface area contributed by atoms with E-state index < -0.39 is 0 Å². The largest absolute Gasteiger partial charge is 0.381 e. The maximum Gasteiger partial charge on any atom is 0.158 e. The van der Waals surface area contributed by atoms with Crippen LogP contribution < -0.4 is 16.0 Å². The molecule has 0 saturated carbocycles. The van der Waals surface area contributed by atoms with Crippen molar-refractivity contribution >= 4 is 17.3 Å². The van der Waals surface area contributed by atoms with Crippen LogP contribution in [0.5, 0.6) is 0 Å². The topological polar surface area (TPSA) is 117 Å². The van der Waals surface area contributed by atoms with Crippen molar-refractivity contribution in [2.75, 3.05) is 50.6 Å². The van der Waals surface area contributed by atoms with Crippen molar-refractivity contribution in [2.45, 2.75) is 6.10 Å². The quantitative estimate of drug-likeness (QED) is 0.629. The lowest BCUT2D eigenvalue weighted by Crippen LogP contribution is -2.42. The fourth-order valence-electron chi connectivity index (χ4n) is 2.53. The third kappa shape index (κ3) is 5.63. The van der Waals surface area contributed by atoms with E-state index in [0.717, 1.165) is 24.3 Å². The van der Waals surface area contributed by atoms with E-state index >= 15 is 0 Å². The van der Waals surface area contributed by atoms with E-state index in [4.69, 9.17) is 14.7 Å². The van der Waals surface area contributed by atoms with Crippen LogP contribution in [0.3, 0.4) is 0 Å². The maximum atomic E-state index is 8.81. The molecule has 9 nitrogen and oxygen atoms in total. The minimum atomic E-state index is 0.0856. The van der Waals surface area contributed by atoms with Gasteiger partial charge in [-0.25, -0.2) is 15.0 Å². The summed E-state index contributed by atoms with van der Waals surface area (Å²) < 4.78 is 10.7. The molecule has 3 heterocycles. The highest BCUT2D eigenvalue weighted by Crippen LogP contribution is 2.20. The van der Waals surface area contributed by atoms with Crippen LogP contribution in [0.2, 0.25) is 0 Å². The van der Waals surface area contributed by atoms with Crippen LogP contribution in [0.15, 0.2) is 24.7 Å². The molecule has 3 rings (SSSR count). The van der Waals surface area contributed by atoms with Gasteiger partial charge in [0.05, 0.1) is 36.4 Å². The number of rotatable bonds is 6. The Morgan fingerprint density at radius 1 is 1.29 bits per heavy atom. The molecular weight excluding hydrogens is 358 g/mol. The lowest BCUT2D eigenvalue weighted by Gasteiger charge is -2.24. The zero-order chi connectivity index (χ0) is 19.6. The highest BCUT2D eigenvalue weighted by atomic mass is 16.5. The molecule has 9 heteroatoms. The molecule has 1 aliphatic heterocycles. The number of nitrogens with zero attached hydrogens (tertiary/aromatic N) is 4. The summed E-state index contributed by atoms with van der Waals surface area (Å²) in [6.45, 7) is 3.36. The molecule has 2 aromatic rings. The number of nitriles is 1. The Labute approximate surface area is 163 Å². The Bertz CT molecular complexity index is 878. The van der Waals surface area contributed by atoms with Crippen LogP contribution in [0.4, 0.5) is 17.3 Å². The standard InChI is InChI=1S/C19H21N7O2/c1-27-5-2-3-14-9-24-18(26-19-13-22-15(8-20)10-25-19)7-17(14)23-12-16-11-21-4-6-28-16/h7,9-10,13,16,21H,4-6,11-12H2,1H3,(H2,23,24,25,26). The van der Waals surface area contributed by atoms with Crippen LogP contribution in [0.25, 0.3) is 0 Å². The van der Waals surface area contributed by atoms with Gasteiger partial charge in [-0.15, -0.1) is 0 Å². The Kier molecular flexibility index (Phi) is 7.10. The highest BCUT2D eigenvalue weighted by Gasteiger charge is 2.14. The van der Waals surface area contributed by atoms with Crippen LogP contribution >= 0.6 is 0 Å². The smallest absolute Gasteiger partial charge is 0.158 e. The molecule has 1 saturated heterocycles. The second kappa shape index (κ2) is 10.2. The van der Waals surface area contributed by atoms with Gasteiger partial charge in [-0.05, 0) is 0 Å². The Morgan fingerprint density at radius 2 is 2.18 bits per heavy atom. The van der Waals surface area contributed by atoms with Gasteiger partial charge in [-0.3, -0.25) is 0 Å². The molecular formula is C19H21N7O2. The molecule has 144 valence electrons. The average Bonchev–Trinajstić information content (AvgIpc) is 2.75. The van der Waals surface area contributed by atoms with Crippen LogP contribution in [0, 0.1) is 23.2 Å². The van der Waals surface area contributed by atoms with Gasteiger partial charge in [0.1, 0.15) is 24.3 Å². The monoisotopic (exact) mass is 379 g/mol. The molecule has 3 N–H and O–H groups in total. The molecule has 1 atom stereocenters. The van der Waals surface area contributed by atoms with Crippen LogP contribution in [-0.4, -0.2) is 61.0 Å². The molecule has 0 aliphatic carbocycles. The van der Waals surface area contributed by atoms with E-state index in [0.29, 0.717) is 31.4 Å². The Balaban J connectivity index is 1.75. The minimum Gasteiger partial charge on any atom is -0.381 e. The first-order valence-corrected chi connectivity index (χ1v) is 8.81. The molecule has 0 radical (unpaired) electrons. The number of aromatic nitrogens is 3. The number of morpholine rings is 1. The third-order valence-corrected chi connectivity index (χ3v) is 3.89. The molecule has 0 amide bonds. The SMILES string of the molecule is COCC#Cc1cnc(Nc2cnc(C#N)cn2)cc1NCC1CNCCO1. The van der Waals surface area contributed by atoms with E-state index in [1.54, 1.807) is 13.3 Å². The number of anilines is 3. The zero-order valence-electron chi connectivity index (χ0n) is 15.5. The number of pyridine rings is 1. The van der Waals surface area contributed by atoms with Crippen molar-refractivity contribution in [1.29, 1.82) is 5.26 Å². The molecule has 1 aliphatic rings. The molecule has 2 aromatic heterocycles. The number of nitrogens with one attached hydrogen (secondary N) is 3. The van der Waals surface area contributed by atoms with Crippen LogP contribution in [0.1, 0.15) is 11.3 Å². The lowest BCUT2D eigenvalue weighted by atomic mass is 10.2. The first-order chi connectivity index (χ1) is 13.8. The van der Waals surface area contributed by atoms with Gasteiger partial charge in [-0.2, -0.15) is 5.26 Å². The summed E-state index contributed by atoms with van der Waals surface area (Å²) in [5, 5.41) is 18.6. The van der Waals surface area contributed by atoms with Gasteiger partial charge in [0.2, 0.25) is 0 Å². The molecule has 28 heavy (non-hydrogen) atoms. The van der Waals surface area contributed by atoms with E-state index in [2.05, 4.69) is 42.7 Å². The number of hydrogen-bond donors (Lipinski definition) is 3.